The number of piperidine rings is 1. The largest absolute Gasteiger partial charge is 0.356 e. The van der Waals surface area contributed by atoms with Crippen molar-refractivity contribution in [3.63, 3.8) is 0 Å². The Labute approximate surface area is 159 Å². The van der Waals surface area contributed by atoms with Gasteiger partial charge in [0.15, 0.2) is 5.96 Å². The van der Waals surface area contributed by atoms with Crippen molar-refractivity contribution in [2.45, 2.75) is 51.9 Å². The maximum absolute atomic E-state index is 12.7. The van der Waals surface area contributed by atoms with Crippen LogP contribution in [0.25, 0.3) is 0 Å². The van der Waals surface area contributed by atoms with E-state index in [0.717, 1.165) is 38.2 Å². The molecular weight excluding hydrogens is 326 g/mol. The van der Waals surface area contributed by atoms with E-state index in [-0.39, 0.29) is 11.3 Å². The van der Waals surface area contributed by atoms with Gasteiger partial charge in [0.05, 0.1) is 5.41 Å². The first-order valence-corrected chi connectivity index (χ1v) is 10.4. The molecule has 1 aliphatic carbocycles. The molecule has 150 valence electrons. The van der Waals surface area contributed by atoms with Crippen LogP contribution in [0.3, 0.4) is 0 Å². The molecule has 0 unspecified atom stereocenters. The number of nitrogens with one attached hydrogen (secondary N) is 2. The molecule has 2 aliphatic rings. The molecule has 1 heterocycles. The van der Waals surface area contributed by atoms with Crippen LogP contribution in [-0.4, -0.2) is 75.5 Å². The molecule has 0 atom stereocenters. The minimum atomic E-state index is -0.257. The van der Waals surface area contributed by atoms with Crippen LogP contribution in [-0.2, 0) is 4.79 Å². The van der Waals surface area contributed by atoms with Gasteiger partial charge >= 0.3 is 0 Å². The summed E-state index contributed by atoms with van der Waals surface area (Å²) in [6.45, 7) is 7.55. The van der Waals surface area contributed by atoms with Gasteiger partial charge in [-0.1, -0.05) is 19.8 Å². The summed E-state index contributed by atoms with van der Waals surface area (Å²) in [5.41, 5.74) is -0.257. The highest BCUT2D eigenvalue weighted by Crippen LogP contribution is 2.38. The van der Waals surface area contributed by atoms with Crippen molar-refractivity contribution in [2.24, 2.45) is 16.3 Å². The van der Waals surface area contributed by atoms with Crippen molar-refractivity contribution in [3.8, 4) is 0 Å². The van der Waals surface area contributed by atoms with E-state index in [0.29, 0.717) is 12.5 Å². The fourth-order valence-electron chi connectivity index (χ4n) is 4.44. The summed E-state index contributed by atoms with van der Waals surface area (Å²) >= 11 is 0. The van der Waals surface area contributed by atoms with Gasteiger partial charge in [-0.15, -0.1) is 0 Å². The van der Waals surface area contributed by atoms with E-state index in [2.05, 4.69) is 27.4 Å². The predicted molar refractivity (Wildman–Crippen MR) is 108 cm³/mol. The van der Waals surface area contributed by atoms with E-state index in [4.69, 9.17) is 0 Å². The molecule has 26 heavy (non-hydrogen) atoms. The number of amides is 1. The van der Waals surface area contributed by atoms with Crippen LogP contribution < -0.4 is 10.6 Å². The summed E-state index contributed by atoms with van der Waals surface area (Å²) in [6.07, 6.45) is 7.99. The van der Waals surface area contributed by atoms with Crippen LogP contribution in [0.1, 0.15) is 51.9 Å². The summed E-state index contributed by atoms with van der Waals surface area (Å²) in [4.78, 5) is 21.4. The number of guanidine groups is 1. The number of carbonyl (C=O) groups is 1. The lowest BCUT2D eigenvalue weighted by atomic mass is 9.84. The number of rotatable bonds is 7. The Kier molecular flexibility index (Phi) is 8.19. The fourth-order valence-corrected chi connectivity index (χ4v) is 4.44. The molecule has 2 rings (SSSR count). The third-order valence-corrected chi connectivity index (χ3v) is 6.04. The molecule has 0 bridgehead atoms. The van der Waals surface area contributed by atoms with E-state index >= 15 is 0 Å². The van der Waals surface area contributed by atoms with Gasteiger partial charge in [0.2, 0.25) is 5.91 Å². The lowest BCUT2D eigenvalue weighted by Crippen LogP contribution is -2.50. The van der Waals surface area contributed by atoms with Gasteiger partial charge in [0.1, 0.15) is 0 Å². The number of carbonyl (C=O) groups excluding carboxylic acids is 1. The Morgan fingerprint density at radius 3 is 2.38 bits per heavy atom. The van der Waals surface area contributed by atoms with Crippen molar-refractivity contribution >= 4 is 11.9 Å². The van der Waals surface area contributed by atoms with Crippen LogP contribution in [0.15, 0.2) is 4.99 Å². The van der Waals surface area contributed by atoms with Crippen molar-refractivity contribution in [1.82, 2.24) is 20.4 Å². The molecule has 2 fully saturated rings. The van der Waals surface area contributed by atoms with Crippen LogP contribution in [0, 0.1) is 11.3 Å². The minimum Gasteiger partial charge on any atom is -0.356 e. The van der Waals surface area contributed by atoms with E-state index in [1.54, 1.807) is 4.90 Å². The number of hydrogen-bond acceptors (Lipinski definition) is 3. The lowest BCUT2D eigenvalue weighted by Gasteiger charge is -2.33. The zero-order valence-electron chi connectivity index (χ0n) is 17.3. The molecule has 1 saturated heterocycles. The maximum atomic E-state index is 12.7. The average molecular weight is 366 g/mol. The van der Waals surface area contributed by atoms with E-state index in [1.807, 2.05) is 21.1 Å². The Morgan fingerprint density at radius 1 is 1.19 bits per heavy atom. The normalized spacial score (nSPS) is 21.6. The topological polar surface area (TPSA) is 60.0 Å². The molecular formula is C20H39N5O. The van der Waals surface area contributed by atoms with Crippen LogP contribution in [0.2, 0.25) is 0 Å². The second-order valence-electron chi connectivity index (χ2n) is 8.28. The highest BCUT2D eigenvalue weighted by Gasteiger charge is 2.42. The van der Waals surface area contributed by atoms with E-state index in [1.165, 1.54) is 38.9 Å². The zero-order chi connectivity index (χ0) is 19.0. The minimum absolute atomic E-state index is 0.251. The van der Waals surface area contributed by atoms with Crippen molar-refractivity contribution in [3.05, 3.63) is 0 Å². The van der Waals surface area contributed by atoms with E-state index in [9.17, 15) is 4.79 Å². The summed E-state index contributed by atoms with van der Waals surface area (Å²) in [5.74, 6) is 1.80. The summed E-state index contributed by atoms with van der Waals surface area (Å²) < 4.78 is 0. The smallest absolute Gasteiger partial charge is 0.230 e. The lowest BCUT2D eigenvalue weighted by molar-refractivity contribution is -0.138. The molecule has 0 spiro atoms. The zero-order valence-corrected chi connectivity index (χ0v) is 17.3. The predicted octanol–water partition coefficient (Wildman–Crippen LogP) is 1.92. The maximum Gasteiger partial charge on any atom is 0.230 e. The Hall–Kier alpha value is -1.30. The standard InChI is InChI=1S/C20H39N5O/c1-5-12-25-13-8-17(9-14-25)15-22-19(21-2)23-16-20(10-6-7-11-20)18(26)24(3)4/h17H,5-16H2,1-4H3,(H2,21,22,23). The number of nitrogens with zero attached hydrogens (tertiary/aromatic N) is 3. The van der Waals surface area contributed by atoms with Crippen LogP contribution >= 0.6 is 0 Å². The highest BCUT2D eigenvalue weighted by molar-refractivity contribution is 5.85. The molecule has 0 aromatic heterocycles. The Morgan fingerprint density at radius 2 is 1.85 bits per heavy atom. The molecule has 1 amide bonds. The number of aliphatic imine (C=N–C) groups is 1. The van der Waals surface area contributed by atoms with Gasteiger partial charge < -0.3 is 20.4 Å². The number of likely N-dealkylation sites (tertiary alicyclic amines) is 1. The monoisotopic (exact) mass is 365 g/mol. The third-order valence-electron chi connectivity index (χ3n) is 6.04. The first-order chi connectivity index (χ1) is 12.5. The van der Waals surface area contributed by atoms with Crippen LogP contribution in [0.5, 0.6) is 0 Å². The van der Waals surface area contributed by atoms with Gasteiger partial charge in [0, 0.05) is 34.2 Å². The first-order valence-electron chi connectivity index (χ1n) is 10.4. The SMILES string of the molecule is CCCN1CCC(CNC(=NC)NCC2(C(=O)N(C)C)CCCC2)CC1. The molecule has 1 aliphatic heterocycles. The van der Waals surface area contributed by atoms with E-state index < -0.39 is 0 Å². The van der Waals surface area contributed by atoms with Gasteiger partial charge in [-0.05, 0) is 57.7 Å². The van der Waals surface area contributed by atoms with Gasteiger partial charge in [-0.25, -0.2) is 0 Å². The molecule has 0 radical (unpaired) electrons. The fraction of sp³-hybridized carbons (Fsp3) is 0.900. The molecule has 6 nitrogen and oxygen atoms in total. The third kappa shape index (κ3) is 5.60. The van der Waals surface area contributed by atoms with Crippen molar-refractivity contribution in [2.75, 3.05) is 53.9 Å². The Bertz CT molecular complexity index is 463. The molecule has 0 aromatic rings. The molecule has 1 saturated carbocycles. The molecule has 6 heteroatoms. The summed E-state index contributed by atoms with van der Waals surface area (Å²) in [7, 11) is 5.54. The van der Waals surface area contributed by atoms with Crippen LogP contribution in [0.4, 0.5) is 0 Å². The summed E-state index contributed by atoms with van der Waals surface area (Å²) in [5, 5.41) is 6.93. The van der Waals surface area contributed by atoms with Gasteiger partial charge in [-0.2, -0.15) is 0 Å². The molecule has 2 N–H and O–H groups in total. The number of hydrogen-bond donors (Lipinski definition) is 2. The second kappa shape index (κ2) is 10.1. The van der Waals surface area contributed by atoms with Gasteiger partial charge in [-0.3, -0.25) is 9.79 Å². The van der Waals surface area contributed by atoms with Gasteiger partial charge in [0.25, 0.3) is 0 Å². The summed E-state index contributed by atoms with van der Waals surface area (Å²) in [6, 6.07) is 0. The Balaban J connectivity index is 1.78. The van der Waals surface area contributed by atoms with Crippen molar-refractivity contribution in [1.29, 1.82) is 0 Å². The van der Waals surface area contributed by atoms with Crippen molar-refractivity contribution < 1.29 is 4.79 Å². The first kappa shape index (κ1) is 21.0. The quantitative estimate of drug-likeness (QED) is 0.535. The second-order valence-corrected chi connectivity index (χ2v) is 8.28. The highest BCUT2D eigenvalue weighted by atomic mass is 16.2. The molecule has 0 aromatic carbocycles. The average Bonchev–Trinajstić information content (AvgIpc) is 3.12.